The summed E-state index contributed by atoms with van der Waals surface area (Å²) >= 11 is 0. The van der Waals surface area contributed by atoms with Gasteiger partial charge in [-0.3, -0.25) is 19.2 Å². The SMILES string of the molecule is Cc1cc(-c2cc(CS(C)(=O)=O)ccc2CC2CCOCC2)n2cc[nH]c(=O)c12.Cc1cc(-c2cc(CS(C)(=O)=O)ccc2OC2CCOCC2)n2cc[nH]c(=O)c12.Cc1cc(-c2cc(CS(C)(=O)=O)ccc2OCC2CC2)n2cc[nH]c(=O)c12.Cc1cc(-c2cc(S(C)(=O)=O)ccc2Nc2ccccc2)n2cc[nH]c(=O)c12. The zero-order chi connectivity index (χ0) is 80.3. The van der Waals surface area contributed by atoms with E-state index in [1.807, 2.05) is 144 Å². The first-order chi connectivity index (χ1) is 53.8. The molecular weight excluding hydrogens is 1520 g/mol. The van der Waals surface area contributed by atoms with Crippen LogP contribution in [0.2, 0.25) is 0 Å². The minimum Gasteiger partial charge on any atom is -0.493 e. The van der Waals surface area contributed by atoms with Crippen molar-refractivity contribution in [3.05, 3.63) is 263 Å². The molecule has 1 saturated carbocycles. The number of fused-ring (bicyclic) bond motifs is 4. The number of anilines is 2. The van der Waals surface area contributed by atoms with Gasteiger partial charge in [-0.1, -0.05) is 42.5 Å². The van der Waals surface area contributed by atoms with Gasteiger partial charge in [0.25, 0.3) is 22.2 Å². The van der Waals surface area contributed by atoms with Gasteiger partial charge in [0.15, 0.2) is 39.3 Å². The van der Waals surface area contributed by atoms with Gasteiger partial charge in [-0.15, -0.1) is 0 Å². The number of ether oxygens (including phenoxy) is 4. The maximum absolute atomic E-state index is 12.3. The van der Waals surface area contributed by atoms with Crippen LogP contribution in [0.1, 0.15) is 83.0 Å². The molecular formula is C84H91N9O16S4. The van der Waals surface area contributed by atoms with Crippen LogP contribution >= 0.6 is 0 Å². The number of benzene rings is 5. The molecule has 2 saturated heterocycles. The number of rotatable bonds is 20. The number of nitrogens with one attached hydrogen (secondary N) is 5. The molecule has 3 aliphatic rings. The molecule has 5 N–H and O–H groups in total. The van der Waals surface area contributed by atoms with Crippen LogP contribution < -0.4 is 37.0 Å². The van der Waals surface area contributed by atoms with Gasteiger partial charge in [0.2, 0.25) is 0 Å². The average molecular weight is 1610 g/mol. The molecule has 0 radical (unpaired) electrons. The second-order valence-electron chi connectivity index (χ2n) is 29.7. The van der Waals surface area contributed by atoms with Crippen LogP contribution in [0, 0.1) is 39.5 Å². The smallest absolute Gasteiger partial charge is 0.272 e. The number of hydrogen-bond donors (Lipinski definition) is 5. The molecule has 0 bridgehead atoms. The van der Waals surface area contributed by atoms with E-state index in [0.717, 1.165) is 124 Å². The predicted molar refractivity (Wildman–Crippen MR) is 441 cm³/mol. The van der Waals surface area contributed by atoms with Crippen LogP contribution in [-0.2, 0) is 72.5 Å². The van der Waals surface area contributed by atoms with Gasteiger partial charge in [-0.25, -0.2) is 33.7 Å². The first-order valence-electron chi connectivity index (χ1n) is 37.1. The van der Waals surface area contributed by atoms with Crippen molar-refractivity contribution in [2.75, 3.05) is 63.4 Å². The van der Waals surface area contributed by atoms with E-state index < -0.39 is 39.3 Å². The minimum absolute atomic E-state index is 0.000418. The van der Waals surface area contributed by atoms with Gasteiger partial charge in [-0.2, -0.15) is 0 Å². The van der Waals surface area contributed by atoms with Crippen molar-refractivity contribution in [3.63, 3.8) is 0 Å². The van der Waals surface area contributed by atoms with Crippen LogP contribution in [0.4, 0.5) is 11.4 Å². The van der Waals surface area contributed by atoms with E-state index in [1.165, 1.54) is 43.4 Å². The first kappa shape index (κ1) is 80.2. The molecule has 592 valence electrons. The summed E-state index contributed by atoms with van der Waals surface area (Å²) in [5, 5.41) is 3.34. The number of aromatic amines is 4. The highest BCUT2D eigenvalue weighted by Crippen LogP contribution is 2.40. The predicted octanol–water partition coefficient (Wildman–Crippen LogP) is 12.5. The maximum atomic E-state index is 12.3. The minimum atomic E-state index is -3.38. The number of aryl methyl sites for hydroxylation is 4. The summed E-state index contributed by atoms with van der Waals surface area (Å²) in [6.07, 6.45) is 25.5. The van der Waals surface area contributed by atoms with E-state index in [2.05, 4.69) is 25.3 Å². The van der Waals surface area contributed by atoms with E-state index in [0.29, 0.717) is 81.9 Å². The third-order valence-corrected chi connectivity index (χ3v) is 23.8. The van der Waals surface area contributed by atoms with Crippen LogP contribution in [-0.4, -0.2) is 135 Å². The Morgan fingerprint density at radius 3 is 1.26 bits per heavy atom. The number of aromatic nitrogens is 8. The Bertz CT molecular complexity index is 6280. The summed E-state index contributed by atoms with van der Waals surface area (Å²) in [4.78, 5) is 60.1. The fraction of sp³-hybridized carbons (Fsp3) is 0.310. The molecule has 0 spiro atoms. The van der Waals surface area contributed by atoms with Crippen molar-refractivity contribution >= 4 is 72.8 Å². The molecule has 8 aromatic heterocycles. The third-order valence-electron chi connectivity index (χ3n) is 20.1. The molecule has 0 atom stereocenters. The maximum Gasteiger partial charge on any atom is 0.272 e. The Balaban J connectivity index is 0.000000132. The van der Waals surface area contributed by atoms with Crippen molar-refractivity contribution in [2.24, 2.45) is 11.8 Å². The van der Waals surface area contributed by atoms with Crippen LogP contribution in [0.15, 0.2) is 201 Å². The molecule has 29 heteroatoms. The Labute approximate surface area is 654 Å². The molecule has 2 aliphatic heterocycles. The molecule has 0 amide bonds. The summed E-state index contributed by atoms with van der Waals surface area (Å²) in [5.74, 6) is 2.43. The van der Waals surface area contributed by atoms with E-state index >= 15 is 0 Å². The largest absolute Gasteiger partial charge is 0.493 e. The van der Waals surface area contributed by atoms with Crippen LogP contribution in [0.5, 0.6) is 11.5 Å². The summed E-state index contributed by atoms with van der Waals surface area (Å²) in [6.45, 7) is 11.1. The lowest BCUT2D eigenvalue weighted by Crippen LogP contribution is -2.26. The normalized spacial score (nSPS) is 14.4. The fourth-order valence-electron chi connectivity index (χ4n) is 14.7. The number of hydrogen-bond acceptors (Lipinski definition) is 17. The standard InChI is InChI=1S/C22H26N2O4S.C21H19N3O3S.C21H24N2O5S.C20H22N2O4S/c1-15-11-20(24-8-7-23-22(25)21(15)24)19-13-17(14-29(2,26)27)3-4-18(19)12-16-5-9-28-10-6-16;1-14-12-19(24-11-10-22-21(25)20(14)24)17-13-16(28(2,26)27)8-9-18(17)23-15-6-4-3-5-7-15;1-14-11-18(23-8-7-22-21(24)20(14)23)17-12-15(13-29(2,25)26)3-4-19(17)28-16-5-9-27-10-6-16;1-13-9-17(22-8-7-21-20(23)19(13)22)16-10-15(12-27(2,24)25)5-6-18(16)26-11-14-3-4-14/h3-4,7-8,11,13,16H,5-6,9-10,12,14H2,1-2H3,(H,23,25);3-13,23H,1-2H3,(H,22,25);3-4,7-8,11-12,16H,5-6,9-10,13H2,1-2H3,(H,22,24);5-10,14H,3-4,11-12H2,1-2H3,(H,21,23). The van der Waals surface area contributed by atoms with Crippen molar-refractivity contribution in [1.82, 2.24) is 37.5 Å². The number of sulfone groups is 4. The Morgan fingerprint density at radius 2 is 0.823 bits per heavy atom. The molecule has 13 aromatic rings. The third kappa shape index (κ3) is 19.5. The average Bonchev–Trinajstić information content (AvgIpc) is 1.65. The number of H-pyrrole nitrogens is 4. The summed E-state index contributed by atoms with van der Waals surface area (Å²) in [6, 6.07) is 39.2. The van der Waals surface area contributed by atoms with Gasteiger partial charge in [-0.05, 0) is 201 Å². The topological polar surface area (TPSA) is 335 Å². The van der Waals surface area contributed by atoms with Gasteiger partial charge >= 0.3 is 0 Å². The Hall–Kier alpha value is -10.8. The van der Waals surface area contributed by atoms with Crippen LogP contribution in [0.3, 0.4) is 0 Å². The fourth-order valence-corrected chi connectivity index (χ4v) is 17.7. The second kappa shape index (κ2) is 33.5. The highest BCUT2D eigenvalue weighted by Gasteiger charge is 2.27. The van der Waals surface area contributed by atoms with Crippen molar-refractivity contribution < 1.29 is 52.6 Å². The van der Waals surface area contributed by atoms with Gasteiger partial charge in [0.05, 0.1) is 64.8 Å². The summed E-state index contributed by atoms with van der Waals surface area (Å²) in [7, 11) is -12.9. The monoisotopic (exact) mass is 1610 g/mol. The first-order valence-corrected chi connectivity index (χ1v) is 45.2. The van der Waals surface area contributed by atoms with Crippen molar-refractivity contribution in [2.45, 2.75) is 101 Å². The van der Waals surface area contributed by atoms with E-state index in [4.69, 9.17) is 18.9 Å². The van der Waals surface area contributed by atoms with Crippen LogP contribution in [0.25, 0.3) is 67.1 Å². The molecule has 113 heavy (non-hydrogen) atoms. The molecule has 25 nitrogen and oxygen atoms in total. The highest BCUT2D eigenvalue weighted by atomic mass is 32.2. The molecule has 16 rings (SSSR count). The zero-order valence-electron chi connectivity index (χ0n) is 64.0. The van der Waals surface area contributed by atoms with E-state index in [-0.39, 0.29) is 50.5 Å². The zero-order valence-corrected chi connectivity index (χ0v) is 67.3. The molecule has 0 unspecified atom stereocenters. The van der Waals surface area contributed by atoms with Gasteiger partial charge in [0, 0.05) is 134 Å². The van der Waals surface area contributed by atoms with E-state index in [1.54, 1.807) is 78.1 Å². The quantitative estimate of drug-likeness (QED) is 0.0473. The van der Waals surface area contributed by atoms with E-state index in [9.17, 15) is 52.8 Å². The summed E-state index contributed by atoms with van der Waals surface area (Å²) in [5.41, 5.74) is 16.5. The number of nitrogens with zero attached hydrogens (tertiary/aromatic N) is 4. The Kier molecular flexibility index (Phi) is 23.8. The highest BCUT2D eigenvalue weighted by molar-refractivity contribution is 7.91. The molecule has 3 fully saturated rings. The van der Waals surface area contributed by atoms with Gasteiger partial charge in [0.1, 0.15) is 39.7 Å². The molecule has 10 heterocycles. The van der Waals surface area contributed by atoms with Crippen molar-refractivity contribution in [1.29, 1.82) is 0 Å². The summed E-state index contributed by atoms with van der Waals surface area (Å²) < 4.78 is 126. The lowest BCUT2D eigenvalue weighted by molar-refractivity contribution is 0.0258. The Morgan fingerprint density at radius 1 is 0.425 bits per heavy atom. The molecule has 5 aromatic carbocycles. The lowest BCUT2D eigenvalue weighted by atomic mass is 9.89. The number of para-hydroxylation sites is 1. The molecule has 1 aliphatic carbocycles. The lowest BCUT2D eigenvalue weighted by Gasteiger charge is -2.25. The van der Waals surface area contributed by atoms with Crippen molar-refractivity contribution in [3.8, 4) is 56.5 Å². The van der Waals surface area contributed by atoms with Gasteiger partial charge < -0.3 is 61.8 Å². The second-order valence-corrected chi connectivity index (χ2v) is 38.1.